The first kappa shape index (κ1) is 29.4. The van der Waals surface area contributed by atoms with Crippen molar-refractivity contribution in [2.24, 2.45) is 0 Å². The van der Waals surface area contributed by atoms with Crippen LogP contribution in [0.15, 0.2) is 65.6 Å². The topological polar surface area (TPSA) is 102 Å². The Morgan fingerprint density at radius 1 is 0.977 bits per heavy atom. The summed E-state index contributed by atoms with van der Waals surface area (Å²) in [4.78, 5) is 23.0. The Morgan fingerprint density at radius 3 is 2.44 bits per heavy atom. The van der Waals surface area contributed by atoms with Gasteiger partial charge in [0.25, 0.3) is 15.9 Å². The molecule has 6 rings (SSSR count). The zero-order valence-electron chi connectivity index (χ0n) is 24.2. The second kappa shape index (κ2) is 12.5. The van der Waals surface area contributed by atoms with E-state index in [-0.39, 0.29) is 10.8 Å². The van der Waals surface area contributed by atoms with Gasteiger partial charge >= 0.3 is 0 Å². The molecule has 2 aliphatic rings. The molecule has 0 aliphatic carbocycles. The molecular weight excluding hydrogens is 588 g/mol. The second-order valence-corrected chi connectivity index (χ2v) is 13.2. The maximum atomic E-state index is 14.0. The fourth-order valence-corrected chi connectivity index (χ4v) is 8.16. The summed E-state index contributed by atoms with van der Waals surface area (Å²) in [6, 6.07) is 17.4. The number of sulfonamides is 1. The standard InChI is InChI=1S/C31H34N4O6S2/c1-39-26-12-13-27(40-2)29-28(26)32-31(42-29)34(16-5-15-33-18-20-41-21-19-33)30(36)23-8-10-24(11-9-23)43(37,38)35-17-14-22-6-3-4-7-25(22)35/h3-4,6-13H,5,14-21H2,1-2H3. The Bertz CT molecular complexity index is 1680. The number of benzene rings is 3. The molecule has 0 saturated carbocycles. The molecule has 0 N–H and O–H groups in total. The van der Waals surface area contributed by atoms with E-state index in [0.717, 1.165) is 36.3 Å². The lowest BCUT2D eigenvalue weighted by molar-refractivity contribution is 0.0376. The maximum absolute atomic E-state index is 14.0. The van der Waals surface area contributed by atoms with Gasteiger partial charge in [-0.15, -0.1) is 0 Å². The highest BCUT2D eigenvalue weighted by Crippen LogP contribution is 2.40. The molecule has 0 unspecified atom stereocenters. The number of carbonyl (C=O) groups is 1. The summed E-state index contributed by atoms with van der Waals surface area (Å²) in [5.41, 5.74) is 2.72. The number of amides is 1. The van der Waals surface area contributed by atoms with Gasteiger partial charge in [-0.25, -0.2) is 13.4 Å². The van der Waals surface area contributed by atoms with Crippen LogP contribution in [0.4, 0.5) is 10.8 Å². The van der Waals surface area contributed by atoms with Crippen LogP contribution >= 0.6 is 11.3 Å². The molecule has 0 atom stereocenters. The zero-order chi connectivity index (χ0) is 30.0. The van der Waals surface area contributed by atoms with Crippen molar-refractivity contribution in [1.29, 1.82) is 0 Å². The van der Waals surface area contributed by atoms with Crippen LogP contribution in [0.1, 0.15) is 22.3 Å². The number of morpholine rings is 1. The van der Waals surface area contributed by atoms with Crippen LogP contribution in [-0.4, -0.2) is 84.4 Å². The summed E-state index contributed by atoms with van der Waals surface area (Å²) in [5.74, 6) is 0.991. The fraction of sp³-hybridized carbons (Fsp3) is 0.355. The van der Waals surface area contributed by atoms with Gasteiger partial charge in [-0.05, 0) is 60.9 Å². The van der Waals surface area contributed by atoms with E-state index in [4.69, 9.17) is 19.2 Å². The number of hydrogen-bond donors (Lipinski definition) is 0. The molecule has 0 radical (unpaired) electrons. The van der Waals surface area contributed by atoms with Crippen molar-refractivity contribution < 1.29 is 27.4 Å². The number of para-hydroxylation sites is 1. The quantitative estimate of drug-likeness (QED) is 0.256. The van der Waals surface area contributed by atoms with E-state index in [1.807, 2.05) is 30.3 Å². The molecule has 1 amide bonds. The average Bonchev–Trinajstić information content (AvgIpc) is 3.69. The molecule has 1 aromatic heterocycles. The van der Waals surface area contributed by atoms with Crippen molar-refractivity contribution in [1.82, 2.24) is 9.88 Å². The Labute approximate surface area is 255 Å². The summed E-state index contributed by atoms with van der Waals surface area (Å²) in [6.07, 6.45) is 1.40. The summed E-state index contributed by atoms with van der Waals surface area (Å²) >= 11 is 1.37. The molecule has 0 spiro atoms. The van der Waals surface area contributed by atoms with Crippen molar-refractivity contribution in [3.8, 4) is 11.5 Å². The molecule has 1 saturated heterocycles. The molecule has 226 valence electrons. The van der Waals surface area contributed by atoms with Gasteiger partial charge in [0.05, 0.1) is 38.0 Å². The highest BCUT2D eigenvalue weighted by atomic mass is 32.2. The van der Waals surface area contributed by atoms with Crippen LogP contribution in [0.2, 0.25) is 0 Å². The van der Waals surface area contributed by atoms with Crippen molar-refractivity contribution in [2.45, 2.75) is 17.7 Å². The third-order valence-corrected chi connectivity index (χ3v) is 10.8. The lowest BCUT2D eigenvalue weighted by Crippen LogP contribution is -2.39. The molecule has 3 heterocycles. The van der Waals surface area contributed by atoms with Crippen LogP contribution in [0.25, 0.3) is 10.2 Å². The molecule has 0 bridgehead atoms. The summed E-state index contributed by atoms with van der Waals surface area (Å²) in [5, 5.41) is 0.523. The Balaban J connectivity index is 1.29. The van der Waals surface area contributed by atoms with E-state index in [9.17, 15) is 13.2 Å². The Morgan fingerprint density at radius 2 is 1.70 bits per heavy atom. The van der Waals surface area contributed by atoms with E-state index in [1.54, 1.807) is 37.3 Å². The second-order valence-electron chi connectivity index (χ2n) is 10.4. The van der Waals surface area contributed by atoms with Crippen molar-refractivity contribution >= 4 is 48.3 Å². The van der Waals surface area contributed by atoms with Gasteiger partial charge in [-0.1, -0.05) is 29.5 Å². The van der Waals surface area contributed by atoms with Gasteiger partial charge in [-0.3, -0.25) is 18.9 Å². The van der Waals surface area contributed by atoms with E-state index >= 15 is 0 Å². The minimum atomic E-state index is -3.77. The minimum Gasteiger partial charge on any atom is -0.495 e. The molecule has 3 aromatic carbocycles. The van der Waals surface area contributed by atoms with Gasteiger partial charge in [0.15, 0.2) is 5.13 Å². The highest BCUT2D eigenvalue weighted by Gasteiger charge is 2.31. The third kappa shape index (κ3) is 5.79. The number of thiazole rings is 1. The van der Waals surface area contributed by atoms with Gasteiger partial charge in [-0.2, -0.15) is 0 Å². The number of carbonyl (C=O) groups excluding carboxylic acids is 1. The number of fused-ring (bicyclic) bond motifs is 2. The monoisotopic (exact) mass is 622 g/mol. The van der Waals surface area contributed by atoms with E-state index in [2.05, 4.69) is 4.90 Å². The molecule has 4 aromatic rings. The smallest absolute Gasteiger partial charge is 0.264 e. The summed E-state index contributed by atoms with van der Waals surface area (Å²) < 4.78 is 45.9. The molecule has 1 fully saturated rings. The van der Waals surface area contributed by atoms with Crippen LogP contribution in [0, 0.1) is 0 Å². The van der Waals surface area contributed by atoms with Crippen LogP contribution in [0.5, 0.6) is 11.5 Å². The van der Waals surface area contributed by atoms with Crippen molar-refractivity contribution in [2.75, 3.05) is 69.4 Å². The lowest BCUT2D eigenvalue weighted by Gasteiger charge is -2.27. The molecule has 43 heavy (non-hydrogen) atoms. The number of ether oxygens (including phenoxy) is 3. The fourth-order valence-electron chi connectivity index (χ4n) is 5.56. The van der Waals surface area contributed by atoms with Gasteiger partial charge in [0.2, 0.25) is 0 Å². The predicted octanol–water partition coefficient (Wildman–Crippen LogP) is 4.43. The highest BCUT2D eigenvalue weighted by molar-refractivity contribution is 7.92. The number of aromatic nitrogens is 1. The third-order valence-electron chi connectivity index (χ3n) is 7.87. The van der Waals surface area contributed by atoms with Crippen LogP contribution < -0.4 is 18.7 Å². The number of rotatable bonds is 10. The summed E-state index contributed by atoms with van der Waals surface area (Å²) in [7, 11) is -0.587. The first-order valence-electron chi connectivity index (χ1n) is 14.2. The number of nitrogens with zero attached hydrogens (tertiary/aromatic N) is 4. The Kier molecular flexibility index (Phi) is 8.53. The molecule has 12 heteroatoms. The largest absolute Gasteiger partial charge is 0.495 e. The van der Waals surface area contributed by atoms with E-state index in [1.165, 1.54) is 27.8 Å². The SMILES string of the molecule is COc1ccc(OC)c2sc(N(CCCN3CCOCC3)C(=O)c3ccc(S(=O)(=O)N4CCc5ccccc54)cc3)nc12. The van der Waals surface area contributed by atoms with Gasteiger partial charge < -0.3 is 14.2 Å². The van der Waals surface area contributed by atoms with Crippen LogP contribution in [0.3, 0.4) is 0 Å². The van der Waals surface area contributed by atoms with Crippen molar-refractivity contribution in [3.63, 3.8) is 0 Å². The first-order chi connectivity index (χ1) is 20.9. The molecule has 2 aliphatic heterocycles. The zero-order valence-corrected chi connectivity index (χ0v) is 25.8. The van der Waals surface area contributed by atoms with Gasteiger partial charge in [0.1, 0.15) is 21.7 Å². The van der Waals surface area contributed by atoms with E-state index in [0.29, 0.717) is 66.1 Å². The minimum absolute atomic E-state index is 0.147. The van der Waals surface area contributed by atoms with Crippen molar-refractivity contribution in [3.05, 3.63) is 71.8 Å². The maximum Gasteiger partial charge on any atom is 0.264 e. The lowest BCUT2D eigenvalue weighted by atomic mass is 10.2. The number of methoxy groups -OCH3 is 2. The first-order valence-corrected chi connectivity index (χ1v) is 16.5. The molecular formula is C31H34N4O6S2. The summed E-state index contributed by atoms with van der Waals surface area (Å²) in [6.45, 7) is 4.78. The normalized spacial score (nSPS) is 15.4. The molecule has 10 nitrogen and oxygen atoms in total. The Hall–Kier alpha value is -3.71. The predicted molar refractivity (Wildman–Crippen MR) is 167 cm³/mol. The number of hydrogen-bond acceptors (Lipinski definition) is 9. The number of anilines is 2. The van der Waals surface area contributed by atoms with E-state index < -0.39 is 10.0 Å². The average molecular weight is 623 g/mol. The van der Waals surface area contributed by atoms with Crippen LogP contribution in [-0.2, 0) is 21.2 Å². The van der Waals surface area contributed by atoms with Gasteiger partial charge in [0, 0.05) is 38.3 Å².